The fourth-order valence-corrected chi connectivity index (χ4v) is 3.96. The highest BCUT2D eigenvalue weighted by molar-refractivity contribution is 6.08. The van der Waals surface area contributed by atoms with Crippen LogP contribution in [0.5, 0.6) is 0 Å². The summed E-state index contributed by atoms with van der Waals surface area (Å²) >= 11 is 0. The summed E-state index contributed by atoms with van der Waals surface area (Å²) in [7, 11) is 1.52. The van der Waals surface area contributed by atoms with Crippen molar-refractivity contribution in [2.24, 2.45) is 5.92 Å². The molecule has 1 heterocycles. The van der Waals surface area contributed by atoms with Crippen molar-refractivity contribution in [1.29, 1.82) is 0 Å². The van der Waals surface area contributed by atoms with Crippen molar-refractivity contribution in [3.63, 3.8) is 0 Å². The molecule has 0 radical (unpaired) electrons. The van der Waals surface area contributed by atoms with Crippen molar-refractivity contribution >= 4 is 17.7 Å². The summed E-state index contributed by atoms with van der Waals surface area (Å²) in [6.07, 6.45) is 5.00. The van der Waals surface area contributed by atoms with Gasteiger partial charge in [0.15, 0.2) is 11.4 Å². The number of carbonyl (C=O) groups excluding carboxylic acids is 3. The van der Waals surface area contributed by atoms with Crippen molar-refractivity contribution in [3.8, 4) is 0 Å². The first-order valence-electron chi connectivity index (χ1n) is 9.76. The maximum atomic E-state index is 13.9. The monoisotopic (exact) mass is 369 g/mol. The molecule has 1 saturated carbocycles. The third-order valence-electron chi connectivity index (χ3n) is 5.85. The van der Waals surface area contributed by atoms with E-state index in [4.69, 9.17) is 0 Å². The van der Waals surface area contributed by atoms with E-state index in [1.165, 1.54) is 18.9 Å². The van der Waals surface area contributed by atoms with E-state index in [1.807, 2.05) is 6.92 Å². The van der Waals surface area contributed by atoms with Crippen LogP contribution in [0.2, 0.25) is 0 Å². The molecule has 148 valence electrons. The van der Waals surface area contributed by atoms with Crippen LogP contribution in [-0.2, 0) is 9.59 Å². The number of ketones is 1. The van der Waals surface area contributed by atoms with Crippen molar-refractivity contribution < 1.29 is 18.8 Å². The van der Waals surface area contributed by atoms with E-state index in [9.17, 15) is 18.8 Å². The maximum Gasteiger partial charge on any atom is 0.328 e. The predicted octanol–water partition coefficient (Wildman–Crippen LogP) is 2.86. The lowest BCUT2D eigenvalue weighted by molar-refractivity contribution is -0.137. The van der Waals surface area contributed by atoms with Gasteiger partial charge in [-0.05, 0) is 33.1 Å². The number of carbonyl (C=O) groups is 3. The Labute approximate surface area is 155 Å². The summed E-state index contributed by atoms with van der Waals surface area (Å²) in [6.45, 7) is 4.79. The minimum atomic E-state index is -1.33. The molecule has 1 aliphatic heterocycles. The van der Waals surface area contributed by atoms with Crippen molar-refractivity contribution in [3.05, 3.63) is 0 Å². The van der Waals surface area contributed by atoms with Gasteiger partial charge >= 0.3 is 6.03 Å². The molecule has 3 unspecified atom stereocenters. The Morgan fingerprint density at radius 1 is 1.31 bits per heavy atom. The number of nitrogens with one attached hydrogen (secondary N) is 1. The van der Waals surface area contributed by atoms with E-state index >= 15 is 0 Å². The number of nitrogens with zero attached hydrogens (tertiary/aromatic N) is 2. The third kappa shape index (κ3) is 4.08. The number of rotatable bonds is 8. The van der Waals surface area contributed by atoms with Gasteiger partial charge < -0.3 is 4.90 Å². The Morgan fingerprint density at radius 2 is 1.92 bits per heavy atom. The first-order valence-corrected chi connectivity index (χ1v) is 9.76. The molecule has 0 spiro atoms. The number of alkyl halides is 1. The highest BCUT2D eigenvalue weighted by Crippen LogP contribution is 2.29. The molecule has 0 aromatic rings. The molecule has 26 heavy (non-hydrogen) atoms. The van der Waals surface area contributed by atoms with Gasteiger partial charge in [0.05, 0.1) is 6.54 Å². The molecule has 6 nitrogen and oxygen atoms in total. The molecule has 3 amide bonds. The Hall–Kier alpha value is -1.50. The number of amides is 3. The second-order valence-electron chi connectivity index (χ2n) is 7.82. The summed E-state index contributed by atoms with van der Waals surface area (Å²) in [6, 6.07) is -1.03. The van der Waals surface area contributed by atoms with Gasteiger partial charge in [-0.3, -0.25) is 19.8 Å². The second-order valence-corrected chi connectivity index (χ2v) is 7.82. The zero-order valence-electron chi connectivity index (χ0n) is 16.4. The third-order valence-corrected chi connectivity index (χ3v) is 5.85. The number of urea groups is 1. The minimum Gasteiger partial charge on any atom is -0.300 e. The Balaban J connectivity index is 2.12. The molecule has 1 aliphatic carbocycles. The summed E-state index contributed by atoms with van der Waals surface area (Å²) < 4.78 is 13.9. The lowest BCUT2D eigenvalue weighted by Gasteiger charge is -2.34. The average Bonchev–Trinajstić information content (AvgIpc) is 2.77. The van der Waals surface area contributed by atoms with Gasteiger partial charge in [-0.1, -0.05) is 32.6 Å². The number of halogens is 1. The largest absolute Gasteiger partial charge is 0.328 e. The van der Waals surface area contributed by atoms with Crippen LogP contribution in [0.15, 0.2) is 0 Å². The van der Waals surface area contributed by atoms with Crippen LogP contribution >= 0.6 is 0 Å². The fourth-order valence-electron chi connectivity index (χ4n) is 3.96. The second kappa shape index (κ2) is 8.46. The van der Waals surface area contributed by atoms with Crippen molar-refractivity contribution in [2.75, 3.05) is 13.6 Å². The predicted molar refractivity (Wildman–Crippen MR) is 97.3 cm³/mol. The molecule has 1 N–H and O–H groups in total. The van der Waals surface area contributed by atoms with Gasteiger partial charge in [0, 0.05) is 19.0 Å². The zero-order chi connectivity index (χ0) is 19.5. The topological polar surface area (TPSA) is 69.7 Å². The van der Waals surface area contributed by atoms with Gasteiger partial charge in [-0.25, -0.2) is 9.18 Å². The Kier molecular flexibility index (Phi) is 6.77. The van der Waals surface area contributed by atoms with Gasteiger partial charge in [-0.15, -0.1) is 0 Å². The first-order chi connectivity index (χ1) is 12.2. The summed E-state index contributed by atoms with van der Waals surface area (Å²) in [5, 5.41) is 3.03. The number of likely N-dealkylation sites (N-methyl/N-ethyl adjacent to an activating group) is 1. The molecular formula is C19H32FN3O3. The van der Waals surface area contributed by atoms with E-state index < -0.39 is 29.8 Å². The summed E-state index contributed by atoms with van der Waals surface area (Å²) in [5.41, 5.74) is -1.33. The molecule has 0 aromatic carbocycles. The lowest BCUT2D eigenvalue weighted by Crippen LogP contribution is -2.61. The lowest BCUT2D eigenvalue weighted by atomic mass is 9.86. The minimum absolute atomic E-state index is 0.0481. The Morgan fingerprint density at radius 3 is 2.46 bits per heavy atom. The van der Waals surface area contributed by atoms with Gasteiger partial charge in [0.1, 0.15) is 6.17 Å². The number of hydrogen-bond acceptors (Lipinski definition) is 4. The zero-order valence-corrected chi connectivity index (χ0v) is 16.4. The highest BCUT2D eigenvalue weighted by Gasteiger charge is 2.54. The molecular weight excluding hydrogens is 337 g/mol. The normalized spacial score (nSPS) is 27.1. The van der Waals surface area contributed by atoms with Gasteiger partial charge in [0.25, 0.3) is 5.91 Å². The van der Waals surface area contributed by atoms with Crippen LogP contribution in [0.25, 0.3) is 0 Å². The molecule has 2 rings (SSSR count). The van der Waals surface area contributed by atoms with Crippen LogP contribution in [0.4, 0.5) is 9.18 Å². The molecule has 1 saturated heterocycles. The first kappa shape index (κ1) is 20.8. The van der Waals surface area contributed by atoms with E-state index in [0.29, 0.717) is 6.42 Å². The molecule has 2 aliphatic rings. The van der Waals surface area contributed by atoms with Gasteiger partial charge in [-0.2, -0.15) is 0 Å². The smallest absolute Gasteiger partial charge is 0.300 e. The van der Waals surface area contributed by atoms with Crippen LogP contribution in [0.3, 0.4) is 0 Å². The molecule has 0 bridgehead atoms. The van der Waals surface area contributed by atoms with Crippen molar-refractivity contribution in [1.82, 2.24) is 15.1 Å². The standard InChI is InChI=1S/C19H32FN3O3/c1-5-9-15(13(2)20)21-19(3)17(25)23(18(26)22(19)4)12-16(24)14-10-7-6-8-11-14/h13-15,21H,5-12H2,1-4H3. The van der Waals surface area contributed by atoms with Crippen LogP contribution in [-0.4, -0.2) is 59.0 Å². The Bertz CT molecular complexity index is 548. The number of imide groups is 1. The SMILES string of the molecule is CCCC(NC1(C)C(=O)N(CC(=O)C2CCCCC2)C(=O)N1C)C(C)F. The quantitative estimate of drug-likeness (QED) is 0.668. The van der Waals surface area contributed by atoms with E-state index in [1.54, 1.807) is 6.92 Å². The van der Waals surface area contributed by atoms with Crippen molar-refractivity contribution in [2.45, 2.75) is 83.6 Å². The summed E-state index contributed by atoms with van der Waals surface area (Å²) in [5.74, 6) is -0.586. The fraction of sp³-hybridized carbons (Fsp3) is 0.842. The van der Waals surface area contributed by atoms with Crippen LogP contribution in [0, 0.1) is 5.92 Å². The van der Waals surface area contributed by atoms with Crippen LogP contribution < -0.4 is 5.32 Å². The van der Waals surface area contributed by atoms with E-state index in [-0.39, 0.29) is 18.2 Å². The molecule has 7 heteroatoms. The average molecular weight is 369 g/mol. The number of Topliss-reactive ketones (excluding diaryl/α,β-unsaturated/α-hetero) is 1. The van der Waals surface area contributed by atoms with Gasteiger partial charge in [0.2, 0.25) is 0 Å². The summed E-state index contributed by atoms with van der Waals surface area (Å²) in [4.78, 5) is 40.4. The maximum absolute atomic E-state index is 13.9. The van der Waals surface area contributed by atoms with Crippen LogP contribution in [0.1, 0.15) is 65.7 Å². The molecule has 3 atom stereocenters. The van der Waals surface area contributed by atoms with E-state index in [2.05, 4.69) is 5.32 Å². The molecule has 0 aromatic heterocycles. The number of hydrogen-bond donors (Lipinski definition) is 1. The molecule has 2 fully saturated rings. The van der Waals surface area contributed by atoms with E-state index in [0.717, 1.165) is 43.4 Å². The highest BCUT2D eigenvalue weighted by atomic mass is 19.1.